The van der Waals surface area contributed by atoms with Gasteiger partial charge in [0.15, 0.2) is 5.43 Å². The van der Waals surface area contributed by atoms with E-state index < -0.39 is 0 Å². The summed E-state index contributed by atoms with van der Waals surface area (Å²) >= 11 is 6.19. The smallest absolute Gasteiger partial charge is 0.251 e. The molecule has 1 aromatic heterocycles. The third-order valence-electron chi connectivity index (χ3n) is 5.41. The first-order valence-electron chi connectivity index (χ1n) is 11.1. The molecule has 8 heteroatoms. The van der Waals surface area contributed by atoms with E-state index in [0.29, 0.717) is 36.6 Å². The second-order valence-electron chi connectivity index (χ2n) is 7.88. The average molecular weight is 484 g/mol. The number of rotatable bonds is 10. The summed E-state index contributed by atoms with van der Waals surface area (Å²) in [5, 5.41) is 6.40. The fourth-order valence-electron chi connectivity index (χ4n) is 3.58. The number of benzene rings is 2. The van der Waals surface area contributed by atoms with Crippen LogP contribution in [0, 0.1) is 13.8 Å². The molecule has 0 spiro atoms. The highest BCUT2D eigenvalue weighted by atomic mass is 35.5. The lowest BCUT2D eigenvalue weighted by molar-refractivity contribution is 0.0950. The second-order valence-corrected chi connectivity index (χ2v) is 8.26. The number of methoxy groups -OCH3 is 1. The van der Waals surface area contributed by atoms with Gasteiger partial charge in [-0.05, 0) is 61.7 Å². The quantitative estimate of drug-likeness (QED) is 0.287. The molecule has 0 atom stereocenters. The molecule has 3 N–H and O–H groups in total. The molecule has 0 saturated carbocycles. The fraction of sp³-hybridized carbons (Fsp3) is 0.308. The summed E-state index contributed by atoms with van der Waals surface area (Å²) in [6, 6.07) is 13.0. The van der Waals surface area contributed by atoms with E-state index in [-0.39, 0.29) is 23.0 Å². The molecule has 3 aromatic rings. The number of aromatic nitrogens is 1. The maximum Gasteiger partial charge on any atom is 0.251 e. The molecule has 180 valence electrons. The normalized spacial score (nSPS) is 10.7. The first-order chi connectivity index (χ1) is 16.3. The van der Waals surface area contributed by atoms with E-state index in [4.69, 9.17) is 21.1 Å². The van der Waals surface area contributed by atoms with Gasteiger partial charge >= 0.3 is 0 Å². The SMILES string of the molecule is CCNc1cc(-c2ccc(OCCOC)cc2)cc(C(=O)NCc2c(Cl)[nH]c(C)cc2=O)c1C. The van der Waals surface area contributed by atoms with Crippen LogP contribution in [-0.4, -0.2) is 37.8 Å². The molecular formula is C26H30ClN3O4. The topological polar surface area (TPSA) is 92.4 Å². The lowest BCUT2D eigenvalue weighted by atomic mass is 9.97. The lowest BCUT2D eigenvalue weighted by Crippen LogP contribution is -2.27. The standard InChI is InChI=1S/C26H30ClN3O4/c1-5-28-23-14-19(18-6-8-20(9-7-18)34-11-10-33-4)13-21(17(23)3)26(32)29-15-22-24(31)12-16(2)30-25(22)27/h6-9,12-14,28H,5,10-11,15H2,1-4H3,(H,29,32)(H,30,31). The number of halogens is 1. The second kappa shape index (κ2) is 11.7. The van der Waals surface area contributed by atoms with Gasteiger partial charge in [0.05, 0.1) is 12.2 Å². The average Bonchev–Trinajstić information content (AvgIpc) is 2.80. The minimum atomic E-state index is -0.283. The number of hydrogen-bond donors (Lipinski definition) is 3. The van der Waals surface area contributed by atoms with Gasteiger partial charge < -0.3 is 25.1 Å². The van der Waals surface area contributed by atoms with E-state index >= 15 is 0 Å². The number of anilines is 1. The van der Waals surface area contributed by atoms with Crippen LogP contribution in [0.25, 0.3) is 11.1 Å². The van der Waals surface area contributed by atoms with Crippen LogP contribution >= 0.6 is 11.6 Å². The van der Waals surface area contributed by atoms with Crippen molar-refractivity contribution in [3.8, 4) is 16.9 Å². The number of pyridine rings is 1. The highest BCUT2D eigenvalue weighted by molar-refractivity contribution is 6.30. The summed E-state index contributed by atoms with van der Waals surface area (Å²) in [6.45, 7) is 7.39. The van der Waals surface area contributed by atoms with Gasteiger partial charge in [-0.3, -0.25) is 9.59 Å². The van der Waals surface area contributed by atoms with Crippen LogP contribution in [0.15, 0.2) is 47.3 Å². The van der Waals surface area contributed by atoms with Crippen LogP contribution in [-0.2, 0) is 11.3 Å². The maximum atomic E-state index is 13.1. The van der Waals surface area contributed by atoms with Crippen molar-refractivity contribution in [3.05, 3.63) is 80.2 Å². The predicted molar refractivity (Wildman–Crippen MR) is 136 cm³/mol. The lowest BCUT2D eigenvalue weighted by Gasteiger charge is -2.16. The van der Waals surface area contributed by atoms with E-state index in [1.165, 1.54) is 6.07 Å². The van der Waals surface area contributed by atoms with Crippen molar-refractivity contribution in [2.75, 3.05) is 32.2 Å². The number of hydrogen-bond acceptors (Lipinski definition) is 5. The Morgan fingerprint density at radius 2 is 1.79 bits per heavy atom. The minimum Gasteiger partial charge on any atom is -0.491 e. The number of nitrogens with one attached hydrogen (secondary N) is 3. The van der Waals surface area contributed by atoms with E-state index in [9.17, 15) is 9.59 Å². The molecule has 0 aliphatic heterocycles. The maximum absolute atomic E-state index is 13.1. The Morgan fingerprint density at radius 3 is 2.44 bits per heavy atom. The Balaban J connectivity index is 1.87. The van der Waals surface area contributed by atoms with E-state index in [1.807, 2.05) is 50.2 Å². The molecule has 0 radical (unpaired) electrons. The number of aryl methyl sites for hydroxylation is 1. The van der Waals surface area contributed by atoms with Crippen molar-refractivity contribution in [1.82, 2.24) is 10.3 Å². The number of carbonyl (C=O) groups is 1. The zero-order valence-electron chi connectivity index (χ0n) is 19.9. The van der Waals surface area contributed by atoms with Crippen molar-refractivity contribution in [2.45, 2.75) is 27.3 Å². The van der Waals surface area contributed by atoms with Gasteiger partial charge in [-0.1, -0.05) is 23.7 Å². The van der Waals surface area contributed by atoms with E-state index in [0.717, 1.165) is 28.1 Å². The van der Waals surface area contributed by atoms with Gasteiger partial charge in [0.1, 0.15) is 17.5 Å². The summed E-state index contributed by atoms with van der Waals surface area (Å²) in [6.07, 6.45) is 0. The first kappa shape index (κ1) is 25.3. The molecule has 0 saturated heterocycles. The first-order valence-corrected chi connectivity index (χ1v) is 11.5. The fourth-order valence-corrected chi connectivity index (χ4v) is 3.89. The molecule has 0 fully saturated rings. The Morgan fingerprint density at radius 1 is 1.06 bits per heavy atom. The molecule has 3 rings (SSSR count). The predicted octanol–water partition coefficient (Wildman–Crippen LogP) is 4.70. The summed E-state index contributed by atoms with van der Waals surface area (Å²) < 4.78 is 10.7. The minimum absolute atomic E-state index is 0.0288. The van der Waals surface area contributed by atoms with Crippen LogP contribution < -0.4 is 20.8 Å². The molecule has 0 bridgehead atoms. The molecule has 2 aromatic carbocycles. The third-order valence-corrected chi connectivity index (χ3v) is 5.73. The van der Waals surface area contributed by atoms with Gasteiger partial charge in [0, 0.05) is 43.2 Å². The molecular weight excluding hydrogens is 454 g/mol. The van der Waals surface area contributed by atoms with Crippen molar-refractivity contribution in [3.63, 3.8) is 0 Å². The van der Waals surface area contributed by atoms with Gasteiger partial charge in [-0.2, -0.15) is 0 Å². The number of aromatic amines is 1. The van der Waals surface area contributed by atoms with Crippen LogP contribution in [0.1, 0.15) is 34.1 Å². The number of H-pyrrole nitrogens is 1. The van der Waals surface area contributed by atoms with Crippen molar-refractivity contribution >= 4 is 23.2 Å². The molecule has 0 aliphatic carbocycles. The number of amides is 1. The molecule has 0 unspecified atom stereocenters. The zero-order valence-corrected chi connectivity index (χ0v) is 20.6. The highest BCUT2D eigenvalue weighted by Crippen LogP contribution is 2.30. The summed E-state index contributed by atoms with van der Waals surface area (Å²) in [4.78, 5) is 28.3. The summed E-state index contributed by atoms with van der Waals surface area (Å²) in [5.41, 5.74) is 4.83. The van der Waals surface area contributed by atoms with E-state index in [1.54, 1.807) is 14.0 Å². The van der Waals surface area contributed by atoms with Crippen LogP contribution in [0.4, 0.5) is 5.69 Å². The van der Waals surface area contributed by atoms with Crippen LogP contribution in [0.5, 0.6) is 5.75 Å². The van der Waals surface area contributed by atoms with Gasteiger partial charge in [-0.15, -0.1) is 0 Å². The zero-order chi connectivity index (χ0) is 24.7. The van der Waals surface area contributed by atoms with Crippen LogP contribution in [0.2, 0.25) is 5.15 Å². The Kier molecular flexibility index (Phi) is 8.73. The van der Waals surface area contributed by atoms with Crippen molar-refractivity contribution in [2.24, 2.45) is 0 Å². The molecule has 34 heavy (non-hydrogen) atoms. The molecule has 0 aliphatic rings. The Labute approximate surface area is 204 Å². The Bertz CT molecular complexity index is 1210. The van der Waals surface area contributed by atoms with Gasteiger partial charge in [0.2, 0.25) is 0 Å². The molecule has 1 heterocycles. The van der Waals surface area contributed by atoms with Gasteiger partial charge in [0.25, 0.3) is 5.91 Å². The Hall–Kier alpha value is -3.29. The van der Waals surface area contributed by atoms with Gasteiger partial charge in [-0.25, -0.2) is 0 Å². The van der Waals surface area contributed by atoms with Crippen molar-refractivity contribution < 1.29 is 14.3 Å². The van der Waals surface area contributed by atoms with Crippen molar-refractivity contribution in [1.29, 1.82) is 0 Å². The largest absolute Gasteiger partial charge is 0.491 e. The summed E-state index contributed by atoms with van der Waals surface area (Å²) in [7, 11) is 1.63. The third kappa shape index (κ3) is 6.18. The highest BCUT2D eigenvalue weighted by Gasteiger charge is 2.16. The van der Waals surface area contributed by atoms with E-state index in [2.05, 4.69) is 15.6 Å². The summed E-state index contributed by atoms with van der Waals surface area (Å²) in [5.74, 6) is 0.465. The number of carbonyl (C=O) groups excluding carboxylic acids is 1. The monoisotopic (exact) mass is 483 g/mol. The van der Waals surface area contributed by atoms with Crippen LogP contribution in [0.3, 0.4) is 0 Å². The molecule has 1 amide bonds. The molecule has 7 nitrogen and oxygen atoms in total. The number of ether oxygens (including phenoxy) is 2.